The van der Waals surface area contributed by atoms with Crippen molar-refractivity contribution in [1.29, 1.82) is 0 Å². The summed E-state index contributed by atoms with van der Waals surface area (Å²) in [5.41, 5.74) is -1.85. The predicted molar refractivity (Wildman–Crippen MR) is 210 cm³/mol. The first-order valence-corrected chi connectivity index (χ1v) is 18.2. The van der Waals surface area contributed by atoms with Crippen molar-refractivity contribution in [2.75, 3.05) is 82.6 Å². The van der Waals surface area contributed by atoms with Gasteiger partial charge in [-0.1, -0.05) is 0 Å². The van der Waals surface area contributed by atoms with E-state index >= 15 is 0 Å². The summed E-state index contributed by atoms with van der Waals surface area (Å²) < 4.78 is 4.03. The molecule has 0 aliphatic carbocycles. The number of Topliss-reactive ketones (excluding diaryl/α,β-unsaturated/α-hetero) is 2. The first-order valence-electron chi connectivity index (χ1n) is 18.2. The van der Waals surface area contributed by atoms with Gasteiger partial charge < -0.3 is 81.4 Å². The molecule has 23 heteroatoms. The van der Waals surface area contributed by atoms with E-state index < -0.39 is 69.5 Å². The van der Waals surface area contributed by atoms with Gasteiger partial charge in [0.1, 0.15) is 37.4 Å². The minimum absolute atomic E-state index is 0. The number of hydrogen-bond acceptors (Lipinski definition) is 12. The van der Waals surface area contributed by atoms with Crippen LogP contribution in [0.25, 0.3) is 0 Å². The van der Waals surface area contributed by atoms with Crippen LogP contribution in [0.3, 0.4) is 0 Å². The topological polar surface area (TPSA) is 354 Å². The summed E-state index contributed by atoms with van der Waals surface area (Å²) >= 11 is 0. The van der Waals surface area contributed by atoms with E-state index in [2.05, 4.69) is 77.6 Å². The minimum Gasteiger partial charge on any atom is -2.00 e. The van der Waals surface area contributed by atoms with E-state index in [4.69, 9.17) is 0 Å². The van der Waals surface area contributed by atoms with E-state index in [0.29, 0.717) is 0 Å². The Labute approximate surface area is 392 Å². The molecular formula is C40H60N8O14U-6. The van der Waals surface area contributed by atoms with Crippen molar-refractivity contribution in [3.8, 4) is 34.8 Å². The summed E-state index contributed by atoms with van der Waals surface area (Å²) in [7, 11) is 19.7. The van der Waals surface area contributed by atoms with Crippen molar-refractivity contribution in [1.82, 2.24) is 21.3 Å². The molecule has 2 heterocycles. The van der Waals surface area contributed by atoms with Gasteiger partial charge in [0, 0.05) is 91.7 Å². The Bertz CT molecular complexity index is 1810. The van der Waals surface area contributed by atoms with Crippen LogP contribution in [0.2, 0.25) is 0 Å². The molecule has 1 aromatic carbocycles. The van der Waals surface area contributed by atoms with Gasteiger partial charge in [-0.25, -0.2) is 9.13 Å². The third kappa shape index (κ3) is 29.4. The Morgan fingerprint density at radius 1 is 0.444 bits per heavy atom. The maximum absolute atomic E-state index is 12.4. The van der Waals surface area contributed by atoms with Gasteiger partial charge in [-0.2, -0.15) is 0 Å². The van der Waals surface area contributed by atoms with Crippen LogP contribution in [0.5, 0.6) is 34.8 Å². The summed E-state index contributed by atoms with van der Waals surface area (Å²) in [5, 5.41) is 81.2. The molecule has 22 nitrogen and oxygen atoms in total. The number of carbonyl (C=O) groups is 6. The maximum atomic E-state index is 12.4. The van der Waals surface area contributed by atoms with Crippen molar-refractivity contribution in [2.45, 2.75) is 27.7 Å². The van der Waals surface area contributed by atoms with Crippen LogP contribution in [-0.2, 0) is 34.6 Å². The minimum atomic E-state index is -1.25. The smallest absolute Gasteiger partial charge is 0.251 e. The van der Waals surface area contributed by atoms with Crippen molar-refractivity contribution in [3.05, 3.63) is 58.9 Å². The molecule has 2 aromatic heterocycles. The van der Waals surface area contributed by atoms with Gasteiger partial charge in [0.25, 0.3) is 23.6 Å². The third-order valence-corrected chi connectivity index (χ3v) is 5.93. The number of benzene rings is 1. The predicted octanol–water partition coefficient (Wildman–Crippen LogP) is -4.31. The molecule has 3 rings (SSSR count). The molecule has 4 N–H and O–H groups in total. The fourth-order valence-corrected chi connectivity index (χ4v) is 3.57. The van der Waals surface area contributed by atoms with E-state index in [1.54, 1.807) is 0 Å². The SMILES string of the molecule is CC(C)=O.CC(C)=O.C[N+](C)(C)C.C[N+](C)(C)C.C[n+]1ccc(C(=O)NCCNC(=O)c2ccc(C(=O)NCCNC(=O)c3cc[n+](C)c([O-])c3[O-])c([O-])c2[O-])c([O-])c1[O-].[O-2].[O-2].[U]. The number of ketones is 2. The zero-order chi connectivity index (χ0) is 47.3. The molecule has 0 saturated heterocycles. The Morgan fingerprint density at radius 2 is 0.619 bits per heavy atom. The quantitative estimate of drug-likeness (QED) is 0.0852. The number of aromatic nitrogens is 2. The Balaban J connectivity index is -0.000000451. The van der Waals surface area contributed by atoms with Crippen molar-refractivity contribution >= 4 is 35.2 Å². The number of aryl methyl sites for hydroxylation is 2. The molecule has 0 bridgehead atoms. The Kier molecular flexibility index (Phi) is 33.1. The Morgan fingerprint density at radius 3 is 0.810 bits per heavy atom. The van der Waals surface area contributed by atoms with Gasteiger partial charge in [0.2, 0.25) is 0 Å². The number of amides is 4. The van der Waals surface area contributed by atoms with E-state index in [9.17, 15) is 59.4 Å². The van der Waals surface area contributed by atoms with Gasteiger partial charge in [0.05, 0.1) is 56.4 Å². The molecule has 4 amide bonds. The van der Waals surface area contributed by atoms with Crippen LogP contribution in [0.1, 0.15) is 69.1 Å². The number of nitrogens with one attached hydrogen (secondary N) is 4. The standard InChI is InChI=1S/C26H28N6O10.2C4H12N.2C3H6O.2O.U/c1-31-11-5-15(19(35)25(31)41)23(39)29-9-7-27-21(37)13-3-4-14(18(34)17(13)33)22(38)28-8-10-30-24(40)16-6-12-32(2)26(42)20(16)36;2*1-5(2,3)4;2*1-3(2)4;;;/h3-6,11-12H,7-10H2,1-2H3,(H8,27,28,29,30,33,34,35,36,37,38,39,40,41,42);2*1-4H3;2*1-2H3;;;/q;2*+1;;;2*-2;/p-4. The number of rotatable bonds is 10. The van der Waals surface area contributed by atoms with Crippen LogP contribution in [0.15, 0.2) is 36.7 Å². The van der Waals surface area contributed by atoms with Crippen LogP contribution >= 0.6 is 0 Å². The zero-order valence-corrected chi connectivity index (χ0v) is 42.5. The second-order valence-electron chi connectivity index (χ2n) is 16.0. The summed E-state index contributed by atoms with van der Waals surface area (Å²) in [6, 6.07) is 4.29. The van der Waals surface area contributed by atoms with Crippen LogP contribution in [0, 0.1) is 31.1 Å². The molecule has 0 saturated carbocycles. The first kappa shape index (κ1) is 66.5. The normalized spacial score (nSPS) is 9.75. The molecule has 63 heavy (non-hydrogen) atoms. The fraction of sp³-hybridized carbons (Fsp3) is 0.450. The summed E-state index contributed by atoms with van der Waals surface area (Å²) in [6.45, 7) is 5.37. The fourth-order valence-electron chi connectivity index (χ4n) is 3.57. The molecule has 0 atom stereocenters. The average Bonchev–Trinajstić information content (AvgIpc) is 3.09. The van der Waals surface area contributed by atoms with Crippen molar-refractivity contribution < 1.29 is 120 Å². The van der Waals surface area contributed by atoms with Crippen LogP contribution < -0.4 is 61.0 Å². The number of carbonyl (C=O) groups excluding carboxylic acids is 6. The summed E-state index contributed by atoms with van der Waals surface area (Å²) in [4.78, 5) is 67.9. The van der Waals surface area contributed by atoms with Gasteiger partial charge >= 0.3 is 0 Å². The van der Waals surface area contributed by atoms with E-state index in [0.717, 1.165) is 30.2 Å². The second-order valence-corrected chi connectivity index (χ2v) is 16.0. The van der Waals surface area contributed by atoms with E-state index in [1.165, 1.54) is 66.3 Å². The number of quaternary nitrogens is 2. The molecule has 0 aliphatic rings. The molecule has 354 valence electrons. The third-order valence-electron chi connectivity index (χ3n) is 5.93. The first-order chi connectivity index (χ1) is 27.3. The van der Waals surface area contributed by atoms with Crippen molar-refractivity contribution in [2.24, 2.45) is 14.1 Å². The molecule has 0 aliphatic heterocycles. The van der Waals surface area contributed by atoms with E-state index in [1.807, 2.05) is 0 Å². The molecule has 0 fully saturated rings. The number of hydrogen-bond donors (Lipinski definition) is 4. The largest absolute Gasteiger partial charge is 2.00 e. The van der Waals surface area contributed by atoms with Crippen LogP contribution in [0.4, 0.5) is 0 Å². The van der Waals surface area contributed by atoms with E-state index in [-0.39, 0.29) is 90.9 Å². The summed E-state index contributed by atoms with van der Waals surface area (Å²) in [6.07, 6.45) is 2.50. The molecule has 3 aromatic rings. The monoisotopic (exact) mass is 1110 g/mol. The maximum Gasteiger partial charge on any atom is 0.251 e. The van der Waals surface area contributed by atoms with Gasteiger partial charge in [-0.05, 0) is 51.3 Å². The van der Waals surface area contributed by atoms with Gasteiger partial charge in [0.15, 0.2) is 12.4 Å². The molecule has 0 unspecified atom stereocenters. The van der Waals surface area contributed by atoms with Gasteiger partial charge in [-0.3, -0.25) is 19.2 Å². The number of pyridine rings is 2. The second kappa shape index (κ2) is 31.3. The van der Waals surface area contributed by atoms with Crippen molar-refractivity contribution in [3.63, 3.8) is 0 Å². The average molecular weight is 1110 g/mol. The van der Waals surface area contributed by atoms with Crippen LogP contribution in [-0.4, -0.2) is 127 Å². The summed E-state index contributed by atoms with van der Waals surface area (Å²) in [5.74, 6) is -9.49. The van der Waals surface area contributed by atoms with Gasteiger partial charge in [-0.15, -0.1) is 11.5 Å². The Hall–Kier alpha value is -5.57. The molecule has 0 radical (unpaired) electrons. The number of nitrogens with zero attached hydrogens (tertiary/aromatic N) is 4. The zero-order valence-electron chi connectivity index (χ0n) is 38.3. The molecule has 0 spiro atoms. The molecular weight excluding hydrogens is 1050 g/mol.